The molecule has 1 aliphatic heterocycles. The molecule has 0 aliphatic carbocycles. The number of benzene rings is 1. The van der Waals surface area contributed by atoms with Gasteiger partial charge in [-0.3, -0.25) is 0 Å². The third kappa shape index (κ3) is 2.76. The van der Waals surface area contributed by atoms with Crippen molar-refractivity contribution >= 4 is 30.1 Å². The predicted octanol–water partition coefficient (Wildman–Crippen LogP) is 2.93. The molecule has 1 heterocycles. The zero-order valence-electron chi connectivity index (χ0n) is 7.90. The van der Waals surface area contributed by atoms with E-state index in [2.05, 4.69) is 5.32 Å². The fourth-order valence-corrected chi connectivity index (χ4v) is 1.78. The van der Waals surface area contributed by atoms with E-state index in [9.17, 15) is 4.79 Å². The first-order valence-corrected chi connectivity index (χ1v) is 4.83. The molecule has 0 bridgehead atoms. The highest BCUT2D eigenvalue weighted by Crippen LogP contribution is 2.26. The number of amides is 1. The van der Waals surface area contributed by atoms with Crippen LogP contribution in [-0.2, 0) is 4.74 Å². The molecule has 1 aromatic rings. The second-order valence-corrected chi connectivity index (χ2v) is 3.55. The summed E-state index contributed by atoms with van der Waals surface area (Å²) in [6.45, 7) is 0.446. The number of rotatable bonds is 1. The van der Waals surface area contributed by atoms with Crippen LogP contribution in [0, 0.1) is 0 Å². The third-order valence-corrected chi connectivity index (χ3v) is 2.56. The van der Waals surface area contributed by atoms with Crippen LogP contribution in [0.15, 0.2) is 24.3 Å². The molecule has 0 unspecified atom stereocenters. The molecule has 1 atom stereocenters. The molecule has 1 amide bonds. The number of hydrogen-bond donors (Lipinski definition) is 1. The highest BCUT2D eigenvalue weighted by Gasteiger charge is 2.21. The van der Waals surface area contributed by atoms with Gasteiger partial charge in [-0.1, -0.05) is 29.8 Å². The van der Waals surface area contributed by atoms with Gasteiger partial charge in [-0.2, -0.15) is 0 Å². The summed E-state index contributed by atoms with van der Waals surface area (Å²) in [5.41, 5.74) is 0.950. The summed E-state index contributed by atoms with van der Waals surface area (Å²) in [5.74, 6) is 0. The van der Waals surface area contributed by atoms with Gasteiger partial charge in [-0.25, -0.2) is 4.79 Å². The highest BCUT2D eigenvalue weighted by atomic mass is 35.5. The van der Waals surface area contributed by atoms with Gasteiger partial charge in [0.1, 0.15) is 0 Å². The number of halogens is 2. The van der Waals surface area contributed by atoms with E-state index in [-0.39, 0.29) is 24.5 Å². The smallest absolute Gasteiger partial charge is 0.407 e. The van der Waals surface area contributed by atoms with Crippen molar-refractivity contribution in [3.05, 3.63) is 34.9 Å². The molecule has 0 radical (unpaired) electrons. The van der Waals surface area contributed by atoms with Crippen LogP contribution in [0.2, 0.25) is 5.02 Å². The minimum Gasteiger partial charge on any atom is -0.449 e. The quantitative estimate of drug-likeness (QED) is 0.829. The standard InChI is InChI=1S/C10H10ClNO2.ClH/c11-8-4-2-1-3-7(8)9-5-6-14-10(13)12-9;/h1-4,9H,5-6H2,(H,12,13);1H/t9-;/m1./s1. The van der Waals surface area contributed by atoms with Gasteiger partial charge in [0.15, 0.2) is 0 Å². The van der Waals surface area contributed by atoms with Crippen LogP contribution < -0.4 is 5.32 Å². The predicted molar refractivity (Wildman–Crippen MR) is 60.5 cm³/mol. The lowest BCUT2D eigenvalue weighted by atomic mass is 10.0. The van der Waals surface area contributed by atoms with Crippen molar-refractivity contribution in [2.75, 3.05) is 6.61 Å². The Morgan fingerprint density at radius 3 is 2.80 bits per heavy atom. The number of carbonyl (C=O) groups is 1. The molecule has 0 spiro atoms. The van der Waals surface area contributed by atoms with Gasteiger partial charge < -0.3 is 10.1 Å². The van der Waals surface area contributed by atoms with Crippen molar-refractivity contribution in [1.29, 1.82) is 0 Å². The summed E-state index contributed by atoms with van der Waals surface area (Å²) >= 11 is 6.01. The summed E-state index contributed by atoms with van der Waals surface area (Å²) in [5, 5.41) is 3.41. The van der Waals surface area contributed by atoms with Crippen molar-refractivity contribution in [3.8, 4) is 0 Å². The third-order valence-electron chi connectivity index (χ3n) is 2.21. The lowest BCUT2D eigenvalue weighted by Gasteiger charge is -2.24. The van der Waals surface area contributed by atoms with Gasteiger partial charge in [-0.05, 0) is 11.6 Å². The van der Waals surface area contributed by atoms with Crippen LogP contribution in [0.25, 0.3) is 0 Å². The normalized spacial score (nSPS) is 19.8. The van der Waals surface area contributed by atoms with E-state index in [1.54, 1.807) is 0 Å². The molecule has 2 rings (SSSR count). The SMILES string of the molecule is Cl.O=C1N[C@@H](c2ccccc2Cl)CCO1. The van der Waals surface area contributed by atoms with E-state index in [0.717, 1.165) is 12.0 Å². The molecular formula is C10H11Cl2NO2. The average Bonchev–Trinajstić information content (AvgIpc) is 2.18. The minimum absolute atomic E-state index is 0. The van der Waals surface area contributed by atoms with Gasteiger partial charge in [-0.15, -0.1) is 12.4 Å². The first-order valence-electron chi connectivity index (χ1n) is 4.45. The zero-order chi connectivity index (χ0) is 9.97. The van der Waals surface area contributed by atoms with E-state index >= 15 is 0 Å². The molecular weight excluding hydrogens is 237 g/mol. The molecule has 3 nitrogen and oxygen atoms in total. The van der Waals surface area contributed by atoms with Gasteiger partial charge in [0, 0.05) is 11.4 Å². The molecule has 0 saturated carbocycles. The number of cyclic esters (lactones) is 1. The number of ether oxygens (including phenoxy) is 1. The Labute approximate surface area is 99.2 Å². The average molecular weight is 248 g/mol. The molecule has 5 heteroatoms. The Hall–Kier alpha value is -0.930. The van der Waals surface area contributed by atoms with Crippen LogP contribution in [0.4, 0.5) is 4.79 Å². The molecule has 1 saturated heterocycles. The van der Waals surface area contributed by atoms with Crippen LogP contribution in [0.5, 0.6) is 0 Å². The topological polar surface area (TPSA) is 38.3 Å². The van der Waals surface area contributed by atoms with Gasteiger partial charge >= 0.3 is 6.09 Å². The van der Waals surface area contributed by atoms with E-state index in [0.29, 0.717) is 11.6 Å². The summed E-state index contributed by atoms with van der Waals surface area (Å²) in [6, 6.07) is 7.48. The number of nitrogens with one attached hydrogen (secondary N) is 1. The molecule has 0 aromatic heterocycles. The molecule has 1 aliphatic rings. The monoisotopic (exact) mass is 247 g/mol. The van der Waals surface area contributed by atoms with Crippen LogP contribution >= 0.6 is 24.0 Å². The summed E-state index contributed by atoms with van der Waals surface area (Å²) in [6.07, 6.45) is 0.385. The van der Waals surface area contributed by atoms with E-state index in [1.807, 2.05) is 24.3 Å². The fraction of sp³-hybridized carbons (Fsp3) is 0.300. The fourth-order valence-electron chi connectivity index (χ4n) is 1.52. The first-order chi connectivity index (χ1) is 6.77. The molecule has 1 N–H and O–H groups in total. The molecule has 1 aromatic carbocycles. The second-order valence-electron chi connectivity index (χ2n) is 3.14. The van der Waals surface area contributed by atoms with Crippen molar-refractivity contribution in [2.24, 2.45) is 0 Å². The molecule has 15 heavy (non-hydrogen) atoms. The summed E-state index contributed by atoms with van der Waals surface area (Å²) < 4.78 is 4.78. The lowest BCUT2D eigenvalue weighted by Crippen LogP contribution is -2.35. The zero-order valence-corrected chi connectivity index (χ0v) is 9.48. The van der Waals surface area contributed by atoms with E-state index in [4.69, 9.17) is 16.3 Å². The number of carbonyl (C=O) groups excluding carboxylic acids is 1. The summed E-state index contributed by atoms with van der Waals surface area (Å²) in [7, 11) is 0. The molecule has 82 valence electrons. The second kappa shape index (κ2) is 5.24. The minimum atomic E-state index is -0.374. The van der Waals surface area contributed by atoms with Gasteiger partial charge in [0.05, 0.1) is 12.6 Å². The van der Waals surface area contributed by atoms with Crippen molar-refractivity contribution < 1.29 is 9.53 Å². The first kappa shape index (κ1) is 12.1. The Balaban J connectivity index is 0.00000112. The van der Waals surface area contributed by atoms with Gasteiger partial charge in [0.2, 0.25) is 0 Å². The van der Waals surface area contributed by atoms with Crippen molar-refractivity contribution in [3.63, 3.8) is 0 Å². The van der Waals surface area contributed by atoms with E-state index in [1.165, 1.54) is 0 Å². The number of hydrogen-bond acceptors (Lipinski definition) is 2. The maximum Gasteiger partial charge on any atom is 0.407 e. The van der Waals surface area contributed by atoms with Crippen LogP contribution in [0.1, 0.15) is 18.0 Å². The maximum atomic E-state index is 11.0. The van der Waals surface area contributed by atoms with Crippen molar-refractivity contribution in [1.82, 2.24) is 5.32 Å². The van der Waals surface area contributed by atoms with Crippen LogP contribution in [0.3, 0.4) is 0 Å². The Kier molecular flexibility index (Phi) is 4.24. The van der Waals surface area contributed by atoms with Crippen molar-refractivity contribution in [2.45, 2.75) is 12.5 Å². The maximum absolute atomic E-state index is 11.0. The Bertz CT molecular complexity index is 357. The number of alkyl carbamates (subject to hydrolysis) is 1. The molecule has 1 fully saturated rings. The highest BCUT2D eigenvalue weighted by molar-refractivity contribution is 6.31. The van der Waals surface area contributed by atoms with E-state index < -0.39 is 0 Å². The Morgan fingerprint density at radius 1 is 1.40 bits per heavy atom. The summed E-state index contributed by atoms with van der Waals surface area (Å²) in [4.78, 5) is 11.0. The Morgan fingerprint density at radius 2 is 2.13 bits per heavy atom. The lowest BCUT2D eigenvalue weighted by molar-refractivity contribution is 0.115. The van der Waals surface area contributed by atoms with Gasteiger partial charge in [0.25, 0.3) is 0 Å². The van der Waals surface area contributed by atoms with Crippen LogP contribution in [-0.4, -0.2) is 12.7 Å². The largest absolute Gasteiger partial charge is 0.449 e.